The molecule has 1 amide bonds. The monoisotopic (exact) mass is 262 g/mol. The number of benzene rings is 1. The summed E-state index contributed by atoms with van der Waals surface area (Å²) in [5.41, 5.74) is 0.930. The van der Waals surface area contributed by atoms with Crippen LogP contribution in [0.1, 0.15) is 18.4 Å². The van der Waals surface area contributed by atoms with Gasteiger partial charge in [-0.05, 0) is 24.9 Å². The molecule has 1 aliphatic rings. The summed E-state index contributed by atoms with van der Waals surface area (Å²) < 4.78 is 5.07. The number of esters is 1. The third kappa shape index (κ3) is 4.37. The molecule has 1 saturated heterocycles. The minimum atomic E-state index is -0.421. The van der Waals surface area contributed by atoms with E-state index in [1.165, 1.54) is 0 Å². The number of hydrogen-bond acceptors (Lipinski definition) is 4. The van der Waals surface area contributed by atoms with E-state index in [0.29, 0.717) is 0 Å². The second-order valence-electron chi connectivity index (χ2n) is 4.51. The molecule has 0 spiro atoms. The van der Waals surface area contributed by atoms with Crippen molar-refractivity contribution in [2.75, 3.05) is 13.1 Å². The highest BCUT2D eigenvalue weighted by molar-refractivity contribution is 5.85. The Morgan fingerprint density at radius 2 is 2.11 bits per heavy atom. The molecule has 2 rings (SSSR count). The van der Waals surface area contributed by atoms with E-state index in [1.54, 1.807) is 0 Å². The van der Waals surface area contributed by atoms with Crippen LogP contribution in [0.25, 0.3) is 0 Å². The normalized spacial score (nSPS) is 18.0. The van der Waals surface area contributed by atoms with Crippen molar-refractivity contribution in [3.05, 3.63) is 35.9 Å². The molecule has 1 aliphatic heterocycles. The average Bonchev–Trinajstić information content (AvgIpc) is 2.98. The van der Waals surface area contributed by atoms with Gasteiger partial charge in [-0.15, -0.1) is 0 Å². The van der Waals surface area contributed by atoms with E-state index in [1.807, 2.05) is 30.3 Å². The van der Waals surface area contributed by atoms with Crippen LogP contribution in [0.2, 0.25) is 0 Å². The molecule has 1 heterocycles. The largest absolute Gasteiger partial charge is 0.460 e. The van der Waals surface area contributed by atoms with Crippen molar-refractivity contribution in [1.82, 2.24) is 10.6 Å². The summed E-state index contributed by atoms with van der Waals surface area (Å²) in [6.07, 6.45) is 1.82. The fourth-order valence-electron chi connectivity index (χ4n) is 1.98. The van der Waals surface area contributed by atoms with E-state index in [2.05, 4.69) is 10.6 Å². The molecule has 1 aromatic carbocycles. The summed E-state index contributed by atoms with van der Waals surface area (Å²) >= 11 is 0. The first-order valence-corrected chi connectivity index (χ1v) is 6.46. The summed E-state index contributed by atoms with van der Waals surface area (Å²) in [6.45, 7) is 1.01. The number of nitrogens with one attached hydrogen (secondary N) is 2. The molecule has 0 saturated carbocycles. The van der Waals surface area contributed by atoms with E-state index in [4.69, 9.17) is 4.74 Å². The summed E-state index contributed by atoms with van der Waals surface area (Å²) in [5, 5.41) is 5.66. The second kappa shape index (κ2) is 6.89. The smallest absolute Gasteiger partial charge is 0.325 e. The molecule has 0 aliphatic carbocycles. The molecule has 102 valence electrons. The second-order valence-corrected chi connectivity index (χ2v) is 4.51. The number of amides is 1. The maximum Gasteiger partial charge on any atom is 0.325 e. The highest BCUT2D eigenvalue weighted by Crippen LogP contribution is 2.04. The molecular weight excluding hydrogens is 244 g/mol. The quantitative estimate of drug-likeness (QED) is 0.762. The van der Waals surface area contributed by atoms with Crippen molar-refractivity contribution in [2.45, 2.75) is 25.5 Å². The van der Waals surface area contributed by atoms with E-state index in [-0.39, 0.29) is 25.1 Å². The van der Waals surface area contributed by atoms with Crippen molar-refractivity contribution in [3.8, 4) is 0 Å². The Bertz CT molecular complexity index is 428. The molecule has 0 unspecified atom stereocenters. The molecule has 0 aromatic heterocycles. The summed E-state index contributed by atoms with van der Waals surface area (Å²) in [6, 6.07) is 9.28. The van der Waals surface area contributed by atoms with E-state index in [0.717, 1.165) is 24.9 Å². The fraction of sp³-hybridized carbons (Fsp3) is 0.429. The maximum atomic E-state index is 11.6. The lowest BCUT2D eigenvalue weighted by Crippen LogP contribution is -2.42. The molecule has 0 bridgehead atoms. The minimum Gasteiger partial charge on any atom is -0.460 e. The average molecular weight is 262 g/mol. The Morgan fingerprint density at radius 1 is 1.32 bits per heavy atom. The van der Waals surface area contributed by atoms with E-state index < -0.39 is 5.97 Å². The van der Waals surface area contributed by atoms with Gasteiger partial charge in [-0.3, -0.25) is 9.59 Å². The maximum absolute atomic E-state index is 11.6. The number of hydrogen-bond donors (Lipinski definition) is 2. The molecule has 1 aromatic rings. The third-order valence-corrected chi connectivity index (χ3v) is 3.03. The van der Waals surface area contributed by atoms with Gasteiger partial charge in [0.15, 0.2) is 0 Å². The number of carbonyl (C=O) groups excluding carboxylic acids is 2. The Kier molecular flexibility index (Phi) is 4.92. The number of rotatable bonds is 5. The van der Waals surface area contributed by atoms with Crippen LogP contribution in [-0.4, -0.2) is 31.0 Å². The summed E-state index contributed by atoms with van der Waals surface area (Å²) in [5.74, 6) is -0.552. The first-order valence-electron chi connectivity index (χ1n) is 6.46. The lowest BCUT2D eigenvalue weighted by molar-refractivity contribution is -0.145. The van der Waals surface area contributed by atoms with Gasteiger partial charge in [0, 0.05) is 0 Å². The summed E-state index contributed by atoms with van der Waals surface area (Å²) in [4.78, 5) is 23.1. The van der Waals surface area contributed by atoms with Crippen LogP contribution in [0.15, 0.2) is 30.3 Å². The fourth-order valence-corrected chi connectivity index (χ4v) is 1.98. The first-order chi connectivity index (χ1) is 9.25. The van der Waals surface area contributed by atoms with Gasteiger partial charge in [0.1, 0.15) is 13.2 Å². The van der Waals surface area contributed by atoms with Gasteiger partial charge in [0.25, 0.3) is 0 Å². The lowest BCUT2D eigenvalue weighted by Gasteiger charge is -2.10. The molecule has 1 fully saturated rings. The van der Waals surface area contributed by atoms with Crippen molar-refractivity contribution >= 4 is 11.9 Å². The van der Waals surface area contributed by atoms with Crippen LogP contribution in [0, 0.1) is 0 Å². The van der Waals surface area contributed by atoms with Crippen molar-refractivity contribution in [2.24, 2.45) is 0 Å². The lowest BCUT2D eigenvalue weighted by atomic mass is 10.2. The molecular formula is C14H18N2O3. The van der Waals surface area contributed by atoms with E-state index in [9.17, 15) is 9.59 Å². The third-order valence-electron chi connectivity index (χ3n) is 3.03. The molecule has 0 radical (unpaired) electrons. The van der Waals surface area contributed by atoms with Crippen molar-refractivity contribution in [1.29, 1.82) is 0 Å². The van der Waals surface area contributed by atoms with Crippen LogP contribution in [-0.2, 0) is 20.9 Å². The Labute approximate surface area is 112 Å². The van der Waals surface area contributed by atoms with Gasteiger partial charge in [-0.25, -0.2) is 0 Å². The van der Waals surface area contributed by atoms with Crippen LogP contribution in [0.3, 0.4) is 0 Å². The topological polar surface area (TPSA) is 67.4 Å². The van der Waals surface area contributed by atoms with Crippen LogP contribution in [0.5, 0.6) is 0 Å². The van der Waals surface area contributed by atoms with Gasteiger partial charge in [0.2, 0.25) is 5.91 Å². The predicted molar refractivity (Wildman–Crippen MR) is 70.3 cm³/mol. The van der Waals surface area contributed by atoms with Gasteiger partial charge < -0.3 is 15.4 Å². The molecule has 5 heteroatoms. The zero-order valence-corrected chi connectivity index (χ0v) is 10.7. The minimum absolute atomic E-state index is 0.0795. The Balaban J connectivity index is 1.65. The van der Waals surface area contributed by atoms with Crippen molar-refractivity contribution in [3.63, 3.8) is 0 Å². The highest BCUT2D eigenvalue weighted by atomic mass is 16.5. The van der Waals surface area contributed by atoms with Crippen molar-refractivity contribution < 1.29 is 14.3 Å². The van der Waals surface area contributed by atoms with E-state index >= 15 is 0 Å². The molecule has 2 N–H and O–H groups in total. The molecule has 19 heavy (non-hydrogen) atoms. The van der Waals surface area contributed by atoms with Crippen LogP contribution < -0.4 is 10.6 Å². The van der Waals surface area contributed by atoms with Gasteiger partial charge in [-0.2, -0.15) is 0 Å². The van der Waals surface area contributed by atoms with Gasteiger partial charge >= 0.3 is 5.97 Å². The highest BCUT2D eigenvalue weighted by Gasteiger charge is 2.22. The van der Waals surface area contributed by atoms with Gasteiger partial charge in [0.05, 0.1) is 6.04 Å². The standard InChI is InChI=1S/C14H18N2O3/c17-13(19-10-11-5-2-1-3-6-11)9-16-14(18)12-7-4-8-15-12/h1-3,5-6,12,15H,4,7-10H2,(H,16,18)/t12-/m0/s1. The number of carbonyl (C=O) groups is 2. The SMILES string of the molecule is O=C(CNC(=O)[C@@H]1CCCN1)OCc1ccccc1. The summed E-state index contributed by atoms with van der Waals surface area (Å²) in [7, 11) is 0. The van der Waals surface area contributed by atoms with Gasteiger partial charge in [-0.1, -0.05) is 30.3 Å². The predicted octanol–water partition coefficient (Wildman–Crippen LogP) is 0.598. The molecule has 5 nitrogen and oxygen atoms in total. The van der Waals surface area contributed by atoms with Crippen LogP contribution >= 0.6 is 0 Å². The zero-order valence-electron chi connectivity index (χ0n) is 10.7. The Morgan fingerprint density at radius 3 is 2.79 bits per heavy atom. The Hall–Kier alpha value is -1.88. The van der Waals surface area contributed by atoms with Crippen LogP contribution in [0.4, 0.5) is 0 Å². The molecule has 1 atom stereocenters. The number of ether oxygens (including phenoxy) is 1. The zero-order chi connectivity index (χ0) is 13.5. The first kappa shape index (κ1) is 13.5.